The third kappa shape index (κ3) is 8.58. The van der Waals surface area contributed by atoms with Crippen LogP contribution >= 0.6 is 0 Å². The Labute approximate surface area is 222 Å². The third-order valence-corrected chi connectivity index (χ3v) is 5.83. The van der Waals surface area contributed by atoms with Crippen molar-refractivity contribution in [2.45, 2.75) is 45.4 Å². The summed E-state index contributed by atoms with van der Waals surface area (Å²) in [6, 6.07) is 22.4. The Bertz CT molecular complexity index is 1230. The summed E-state index contributed by atoms with van der Waals surface area (Å²) < 4.78 is 5.23. The molecule has 0 aliphatic heterocycles. The standard InChI is InChI=1S/C30H32N2O6/c1-20(2)17-25(32-30(37)38-19-22-9-5-3-6-10-22)28(34)31-26(29(35)36)18-21-13-15-24(16-14-21)27(33)23-11-7-4-8-12-23/h3-16,20,25-26H,17-19H2,1-2H3,(H,31,34)(H,32,37)(H,35,36)/t25-,26-/m0/s1. The van der Waals surface area contributed by atoms with Crippen LogP contribution in [0.2, 0.25) is 0 Å². The number of carbonyl (C=O) groups is 4. The van der Waals surface area contributed by atoms with Crippen LogP contribution < -0.4 is 10.6 Å². The molecule has 0 unspecified atom stereocenters. The van der Waals surface area contributed by atoms with E-state index in [4.69, 9.17) is 4.74 Å². The van der Waals surface area contributed by atoms with Crippen molar-refractivity contribution in [3.8, 4) is 0 Å². The fourth-order valence-electron chi connectivity index (χ4n) is 3.87. The summed E-state index contributed by atoms with van der Waals surface area (Å²) in [6.45, 7) is 3.83. The highest BCUT2D eigenvalue weighted by Gasteiger charge is 2.28. The number of hydrogen-bond donors (Lipinski definition) is 3. The number of carboxylic acids is 1. The summed E-state index contributed by atoms with van der Waals surface area (Å²) in [5.41, 5.74) is 2.47. The first-order valence-electron chi connectivity index (χ1n) is 12.4. The van der Waals surface area contributed by atoms with E-state index in [1.165, 1.54) is 0 Å². The van der Waals surface area contributed by atoms with E-state index in [1.807, 2.05) is 50.2 Å². The number of alkyl carbamates (subject to hydrolysis) is 1. The van der Waals surface area contributed by atoms with Crippen LogP contribution in [0.25, 0.3) is 0 Å². The van der Waals surface area contributed by atoms with E-state index in [2.05, 4.69) is 10.6 Å². The maximum absolute atomic E-state index is 13.0. The van der Waals surface area contributed by atoms with Crippen LogP contribution in [0.5, 0.6) is 0 Å². The topological polar surface area (TPSA) is 122 Å². The third-order valence-electron chi connectivity index (χ3n) is 5.83. The fourth-order valence-corrected chi connectivity index (χ4v) is 3.87. The minimum absolute atomic E-state index is 0.00767. The van der Waals surface area contributed by atoms with Crippen molar-refractivity contribution >= 4 is 23.8 Å². The van der Waals surface area contributed by atoms with E-state index >= 15 is 0 Å². The van der Waals surface area contributed by atoms with E-state index in [0.717, 1.165) is 5.56 Å². The molecule has 3 aromatic carbocycles. The molecule has 0 radical (unpaired) electrons. The zero-order chi connectivity index (χ0) is 27.5. The van der Waals surface area contributed by atoms with Crippen LogP contribution in [0.1, 0.15) is 47.3 Å². The Morgan fingerprint density at radius 1 is 0.737 bits per heavy atom. The van der Waals surface area contributed by atoms with Gasteiger partial charge in [0.2, 0.25) is 5.91 Å². The number of ether oxygens (including phenoxy) is 1. The van der Waals surface area contributed by atoms with E-state index in [-0.39, 0.29) is 24.7 Å². The van der Waals surface area contributed by atoms with Gasteiger partial charge in [0.25, 0.3) is 0 Å². The molecule has 0 aliphatic carbocycles. The van der Waals surface area contributed by atoms with Gasteiger partial charge in [-0.3, -0.25) is 9.59 Å². The van der Waals surface area contributed by atoms with Crippen LogP contribution in [-0.4, -0.2) is 40.9 Å². The Morgan fingerprint density at radius 2 is 1.32 bits per heavy atom. The monoisotopic (exact) mass is 516 g/mol. The number of hydrogen-bond acceptors (Lipinski definition) is 5. The average molecular weight is 517 g/mol. The highest BCUT2D eigenvalue weighted by molar-refractivity contribution is 6.08. The summed E-state index contributed by atoms with van der Waals surface area (Å²) in [5.74, 6) is -1.91. The molecule has 38 heavy (non-hydrogen) atoms. The molecule has 2 atom stereocenters. The Hall–Kier alpha value is -4.46. The van der Waals surface area contributed by atoms with E-state index < -0.39 is 30.1 Å². The fraction of sp³-hybridized carbons (Fsp3) is 0.267. The lowest BCUT2D eigenvalue weighted by molar-refractivity contribution is -0.142. The summed E-state index contributed by atoms with van der Waals surface area (Å²) in [4.78, 5) is 49.9. The molecule has 0 heterocycles. The molecular weight excluding hydrogens is 484 g/mol. The number of benzene rings is 3. The van der Waals surface area contributed by atoms with Crippen LogP contribution in [0.4, 0.5) is 4.79 Å². The van der Waals surface area contributed by atoms with Crippen LogP contribution in [0.3, 0.4) is 0 Å². The van der Waals surface area contributed by atoms with Gasteiger partial charge in [-0.25, -0.2) is 9.59 Å². The summed E-state index contributed by atoms with van der Waals surface area (Å²) in [7, 11) is 0. The van der Waals surface area contributed by atoms with Gasteiger partial charge in [-0.2, -0.15) is 0 Å². The first-order valence-corrected chi connectivity index (χ1v) is 12.4. The van der Waals surface area contributed by atoms with E-state index in [9.17, 15) is 24.3 Å². The van der Waals surface area contributed by atoms with Crippen LogP contribution in [0.15, 0.2) is 84.9 Å². The van der Waals surface area contributed by atoms with Crippen molar-refractivity contribution in [2.24, 2.45) is 5.92 Å². The van der Waals surface area contributed by atoms with Crippen molar-refractivity contribution in [3.63, 3.8) is 0 Å². The average Bonchev–Trinajstić information content (AvgIpc) is 2.92. The van der Waals surface area contributed by atoms with Crippen LogP contribution in [-0.2, 0) is 27.4 Å². The SMILES string of the molecule is CC(C)C[C@H](NC(=O)OCc1ccccc1)C(=O)N[C@@H](Cc1ccc(C(=O)c2ccccc2)cc1)C(=O)O. The molecule has 3 rings (SSSR count). The Morgan fingerprint density at radius 3 is 1.89 bits per heavy atom. The second kappa shape index (κ2) is 13.7. The van der Waals surface area contributed by atoms with Crippen molar-refractivity contribution in [1.82, 2.24) is 10.6 Å². The zero-order valence-corrected chi connectivity index (χ0v) is 21.4. The quantitative estimate of drug-likeness (QED) is 0.307. The minimum atomic E-state index is -1.23. The zero-order valence-electron chi connectivity index (χ0n) is 21.4. The van der Waals surface area contributed by atoms with Gasteiger partial charge in [0.1, 0.15) is 18.7 Å². The van der Waals surface area contributed by atoms with Gasteiger partial charge in [-0.05, 0) is 23.5 Å². The number of rotatable bonds is 12. The molecule has 198 valence electrons. The van der Waals surface area contributed by atoms with E-state index in [0.29, 0.717) is 23.1 Å². The summed E-state index contributed by atoms with van der Waals surface area (Å²) in [5, 5.41) is 14.8. The minimum Gasteiger partial charge on any atom is -0.480 e. The lowest BCUT2D eigenvalue weighted by Crippen LogP contribution is -2.52. The maximum Gasteiger partial charge on any atom is 0.408 e. The normalized spacial score (nSPS) is 12.3. The molecule has 0 fully saturated rings. The number of amides is 2. The first kappa shape index (κ1) is 28.1. The number of carboxylic acid groups (broad SMARTS) is 1. The number of nitrogens with one attached hydrogen (secondary N) is 2. The maximum atomic E-state index is 13.0. The van der Waals surface area contributed by atoms with Crippen molar-refractivity contribution in [1.29, 1.82) is 0 Å². The largest absolute Gasteiger partial charge is 0.480 e. The summed E-state index contributed by atoms with van der Waals surface area (Å²) >= 11 is 0. The number of carbonyl (C=O) groups excluding carboxylic acids is 3. The molecule has 8 nitrogen and oxygen atoms in total. The van der Waals surface area contributed by atoms with Gasteiger partial charge in [0.15, 0.2) is 5.78 Å². The lowest BCUT2D eigenvalue weighted by atomic mass is 9.99. The molecule has 0 saturated heterocycles. The molecule has 0 aromatic heterocycles. The Balaban J connectivity index is 1.62. The molecule has 0 saturated carbocycles. The molecule has 0 spiro atoms. The first-order chi connectivity index (χ1) is 18.2. The molecular formula is C30H32N2O6. The second-order valence-electron chi connectivity index (χ2n) is 9.38. The predicted octanol–water partition coefficient (Wildman–Crippen LogP) is 4.37. The number of ketones is 1. The molecule has 0 bridgehead atoms. The van der Waals surface area contributed by atoms with Crippen LogP contribution in [0, 0.1) is 5.92 Å². The Kier molecular flexibility index (Phi) is 10.2. The van der Waals surface area contributed by atoms with Crippen molar-refractivity contribution in [3.05, 3.63) is 107 Å². The molecule has 0 aliphatic rings. The lowest BCUT2D eigenvalue weighted by Gasteiger charge is -2.22. The van der Waals surface area contributed by atoms with Gasteiger partial charge in [0.05, 0.1) is 0 Å². The molecule has 3 N–H and O–H groups in total. The second-order valence-corrected chi connectivity index (χ2v) is 9.38. The number of aliphatic carboxylic acids is 1. The van der Waals surface area contributed by atoms with Gasteiger partial charge >= 0.3 is 12.1 Å². The van der Waals surface area contributed by atoms with Gasteiger partial charge in [0, 0.05) is 17.5 Å². The van der Waals surface area contributed by atoms with Gasteiger partial charge < -0.3 is 20.5 Å². The van der Waals surface area contributed by atoms with Gasteiger partial charge in [-0.1, -0.05) is 98.8 Å². The van der Waals surface area contributed by atoms with Gasteiger partial charge in [-0.15, -0.1) is 0 Å². The van der Waals surface area contributed by atoms with Crippen molar-refractivity contribution in [2.75, 3.05) is 0 Å². The highest BCUT2D eigenvalue weighted by Crippen LogP contribution is 2.13. The summed E-state index contributed by atoms with van der Waals surface area (Å²) in [6.07, 6.45) is -0.456. The van der Waals surface area contributed by atoms with E-state index in [1.54, 1.807) is 48.5 Å². The smallest absolute Gasteiger partial charge is 0.408 e. The molecule has 2 amide bonds. The predicted molar refractivity (Wildman–Crippen MR) is 143 cm³/mol. The highest BCUT2D eigenvalue weighted by atomic mass is 16.5. The molecule has 3 aromatic rings. The molecule has 8 heteroatoms. The van der Waals surface area contributed by atoms with Crippen molar-refractivity contribution < 1.29 is 29.0 Å².